The van der Waals surface area contributed by atoms with Crippen molar-refractivity contribution in [2.75, 3.05) is 13.2 Å². The third-order valence-corrected chi connectivity index (χ3v) is 11.8. The van der Waals surface area contributed by atoms with E-state index in [9.17, 15) is 29.9 Å². The second-order valence-electron chi connectivity index (χ2n) is 16.1. The molecule has 294 valence electrons. The summed E-state index contributed by atoms with van der Waals surface area (Å²) in [5, 5.41) is 38.9. The van der Waals surface area contributed by atoms with Crippen molar-refractivity contribution >= 4 is 7.82 Å². The number of hydrogen-bond acceptors (Lipinski definition) is 8. The quantitative estimate of drug-likeness (QED) is 0.0349. The van der Waals surface area contributed by atoms with Gasteiger partial charge in [0.2, 0.25) is 0 Å². The van der Waals surface area contributed by atoms with E-state index in [1.807, 2.05) is 0 Å². The summed E-state index contributed by atoms with van der Waals surface area (Å²) in [6, 6.07) is 0. The van der Waals surface area contributed by atoms with Crippen molar-refractivity contribution in [3.8, 4) is 0 Å². The number of hydrogen-bond donors (Lipinski definition) is 5. The van der Waals surface area contributed by atoms with Gasteiger partial charge in [-0.2, -0.15) is 0 Å². The molecule has 5 N–H and O–H groups in total. The number of unbranched alkanes of at least 4 members (excludes halogenated alkanes) is 5. The number of ether oxygens (including phenoxy) is 1. The Bertz CT molecular complexity index is 830. The zero-order valence-electron chi connectivity index (χ0n) is 32.4. The molecular formula is C39H79O9P. The molecule has 0 aromatic rings. The van der Waals surface area contributed by atoms with Crippen molar-refractivity contribution in [2.45, 2.75) is 207 Å². The molecule has 1 aliphatic heterocycles. The molecule has 10 heteroatoms. The molecule has 1 aliphatic rings. The highest BCUT2D eigenvalue weighted by molar-refractivity contribution is 7.47. The van der Waals surface area contributed by atoms with E-state index in [-0.39, 0.29) is 6.61 Å². The molecule has 0 saturated carbocycles. The van der Waals surface area contributed by atoms with E-state index in [0.29, 0.717) is 12.3 Å². The first-order chi connectivity index (χ1) is 23.3. The fourth-order valence-corrected chi connectivity index (χ4v) is 8.04. The largest absolute Gasteiger partial charge is 0.474 e. The van der Waals surface area contributed by atoms with Gasteiger partial charge >= 0.3 is 7.82 Å². The molecule has 1 saturated heterocycles. The van der Waals surface area contributed by atoms with Gasteiger partial charge in [0.25, 0.3) is 0 Å². The van der Waals surface area contributed by atoms with Crippen LogP contribution in [0.1, 0.15) is 176 Å². The lowest BCUT2D eigenvalue weighted by Gasteiger charge is -2.39. The number of phosphoric acid groups is 1. The minimum absolute atomic E-state index is 0.00166. The second kappa shape index (κ2) is 27.5. The van der Waals surface area contributed by atoms with E-state index >= 15 is 0 Å². The smallest absolute Gasteiger partial charge is 0.394 e. The maximum atomic E-state index is 12.3. The normalized spacial score (nSPS) is 25.8. The van der Waals surface area contributed by atoms with Gasteiger partial charge in [-0.05, 0) is 42.4 Å². The molecule has 0 aromatic heterocycles. The highest BCUT2D eigenvalue weighted by Gasteiger charge is 2.46. The fourth-order valence-electron chi connectivity index (χ4n) is 7.18. The first-order valence-corrected chi connectivity index (χ1v) is 21.7. The van der Waals surface area contributed by atoms with Gasteiger partial charge in [-0.25, -0.2) is 4.57 Å². The molecule has 49 heavy (non-hydrogen) atoms. The van der Waals surface area contributed by atoms with E-state index in [0.717, 1.165) is 36.5 Å². The number of phosphoric ester groups is 1. The Balaban J connectivity index is 2.05. The molecule has 0 amide bonds. The van der Waals surface area contributed by atoms with E-state index in [2.05, 4.69) is 41.5 Å². The highest BCUT2D eigenvalue weighted by Crippen LogP contribution is 2.46. The van der Waals surface area contributed by atoms with Gasteiger partial charge in [-0.1, -0.05) is 164 Å². The van der Waals surface area contributed by atoms with Crippen molar-refractivity contribution in [2.24, 2.45) is 29.6 Å². The molecule has 0 radical (unpaired) electrons. The van der Waals surface area contributed by atoms with Crippen LogP contribution in [0.2, 0.25) is 0 Å². The molecular weight excluding hydrogens is 643 g/mol. The van der Waals surface area contributed by atoms with Crippen molar-refractivity contribution in [1.29, 1.82) is 0 Å². The van der Waals surface area contributed by atoms with Gasteiger partial charge in [-0.3, -0.25) is 9.05 Å². The molecule has 1 rings (SSSR count). The van der Waals surface area contributed by atoms with Crippen molar-refractivity contribution in [3.63, 3.8) is 0 Å². The van der Waals surface area contributed by atoms with Crippen LogP contribution in [0.15, 0.2) is 0 Å². The van der Waals surface area contributed by atoms with Crippen molar-refractivity contribution in [3.05, 3.63) is 0 Å². The second-order valence-corrected chi connectivity index (χ2v) is 17.5. The van der Waals surface area contributed by atoms with Crippen LogP contribution in [0.3, 0.4) is 0 Å². The summed E-state index contributed by atoms with van der Waals surface area (Å²) in [6.07, 6.45) is 19.1. The van der Waals surface area contributed by atoms with Gasteiger partial charge in [0.1, 0.15) is 24.4 Å². The maximum Gasteiger partial charge on any atom is 0.474 e. The van der Waals surface area contributed by atoms with Gasteiger partial charge < -0.3 is 30.1 Å². The van der Waals surface area contributed by atoms with Gasteiger partial charge in [0.15, 0.2) is 6.29 Å². The van der Waals surface area contributed by atoms with Gasteiger partial charge in [-0.15, -0.1) is 0 Å². The molecule has 9 nitrogen and oxygen atoms in total. The molecule has 1 fully saturated rings. The van der Waals surface area contributed by atoms with Crippen LogP contribution in [-0.4, -0.2) is 69.2 Å². The maximum absolute atomic E-state index is 12.3. The van der Waals surface area contributed by atoms with Crippen LogP contribution < -0.4 is 0 Å². The Labute approximate surface area is 300 Å². The van der Waals surface area contributed by atoms with E-state index in [1.165, 1.54) is 116 Å². The average Bonchev–Trinajstić information content (AvgIpc) is 3.05. The summed E-state index contributed by atoms with van der Waals surface area (Å²) >= 11 is 0. The third kappa shape index (κ3) is 22.6. The lowest BCUT2D eigenvalue weighted by Crippen LogP contribution is -2.58. The summed E-state index contributed by atoms with van der Waals surface area (Å²) in [6.45, 7) is 13.5. The number of aliphatic hydroxyl groups excluding tert-OH is 4. The van der Waals surface area contributed by atoms with Crippen LogP contribution in [-0.2, 0) is 18.3 Å². The van der Waals surface area contributed by atoms with E-state index in [1.54, 1.807) is 0 Å². The SMILES string of the molecule is CCCCCCCC[C@H](C)CCC[C@H](C)CCC[C@H](C)CCC[C@H](C)CCC[C@H](C)CCCOP(=O)(O)O[C@H]1O[C@H](CO)[C@@H](O)[C@H](O)[C@@H]1O. The minimum Gasteiger partial charge on any atom is -0.394 e. The van der Waals surface area contributed by atoms with E-state index in [4.69, 9.17) is 13.8 Å². The summed E-state index contributed by atoms with van der Waals surface area (Å²) in [5.74, 6) is 3.77. The van der Waals surface area contributed by atoms with Crippen molar-refractivity contribution < 1.29 is 43.7 Å². The fraction of sp³-hybridized carbons (Fsp3) is 1.00. The molecule has 0 spiro atoms. The zero-order chi connectivity index (χ0) is 36.7. The lowest BCUT2D eigenvalue weighted by atomic mass is 9.89. The summed E-state index contributed by atoms with van der Waals surface area (Å²) in [5.41, 5.74) is 0. The van der Waals surface area contributed by atoms with Gasteiger partial charge in [0.05, 0.1) is 13.2 Å². The first kappa shape index (κ1) is 46.9. The summed E-state index contributed by atoms with van der Waals surface area (Å²) < 4.78 is 27.4. The Morgan fingerprint density at radius 1 is 0.571 bits per heavy atom. The van der Waals surface area contributed by atoms with Crippen LogP contribution in [0, 0.1) is 29.6 Å². The Morgan fingerprint density at radius 2 is 0.959 bits per heavy atom. The predicted molar refractivity (Wildman–Crippen MR) is 199 cm³/mol. The van der Waals surface area contributed by atoms with Crippen LogP contribution in [0.25, 0.3) is 0 Å². The standard InChI is InChI=1S/C39H79O9P/c1-7-8-9-10-11-12-18-30(2)19-13-20-31(3)21-14-22-32(4)23-15-24-33(5)25-16-26-34(6)27-17-28-46-49(44,45)48-39-38(43)37(42)36(41)35(29-40)47-39/h30-43H,7-29H2,1-6H3,(H,44,45)/t30-,31-,32-,33-,34-,35+,36+,37-,38-,39+/m0/s1. The Kier molecular flexibility index (Phi) is 26.3. The molecule has 1 heterocycles. The summed E-state index contributed by atoms with van der Waals surface area (Å²) in [4.78, 5) is 10.0. The predicted octanol–water partition coefficient (Wildman–Crippen LogP) is 9.31. The lowest BCUT2D eigenvalue weighted by molar-refractivity contribution is -0.281. The van der Waals surface area contributed by atoms with Crippen LogP contribution >= 0.6 is 7.82 Å². The number of aliphatic hydroxyl groups is 4. The van der Waals surface area contributed by atoms with Crippen LogP contribution in [0.4, 0.5) is 0 Å². The molecule has 0 aromatic carbocycles. The highest BCUT2D eigenvalue weighted by atomic mass is 31.2. The topological polar surface area (TPSA) is 146 Å². The van der Waals surface area contributed by atoms with Crippen LogP contribution in [0.5, 0.6) is 0 Å². The Morgan fingerprint density at radius 3 is 1.39 bits per heavy atom. The van der Waals surface area contributed by atoms with Crippen molar-refractivity contribution in [1.82, 2.24) is 0 Å². The number of rotatable bonds is 31. The summed E-state index contributed by atoms with van der Waals surface area (Å²) in [7, 11) is -4.58. The zero-order valence-corrected chi connectivity index (χ0v) is 33.2. The molecule has 1 unspecified atom stereocenters. The molecule has 0 aliphatic carbocycles. The Hall–Kier alpha value is -0.0900. The molecule has 11 atom stereocenters. The van der Waals surface area contributed by atoms with Gasteiger partial charge in [0, 0.05) is 0 Å². The monoisotopic (exact) mass is 723 g/mol. The first-order valence-electron chi connectivity index (χ1n) is 20.3. The van der Waals surface area contributed by atoms with E-state index < -0.39 is 45.1 Å². The minimum atomic E-state index is -4.58. The average molecular weight is 723 g/mol. The molecule has 0 bridgehead atoms. The third-order valence-electron chi connectivity index (χ3n) is 10.8.